The van der Waals surface area contributed by atoms with Gasteiger partial charge in [-0.25, -0.2) is 5.01 Å². The molecule has 0 saturated heterocycles. The zero-order valence-electron chi connectivity index (χ0n) is 11.7. The van der Waals surface area contributed by atoms with Crippen molar-refractivity contribution in [1.82, 2.24) is 10.3 Å². The highest BCUT2D eigenvalue weighted by molar-refractivity contribution is 6.39. The molecule has 1 N–H and O–H groups in total. The number of nitrogens with zero attached hydrogens (tertiary/aromatic N) is 2. The van der Waals surface area contributed by atoms with Crippen molar-refractivity contribution in [1.29, 1.82) is 0 Å². The van der Waals surface area contributed by atoms with E-state index in [4.69, 9.17) is 23.2 Å². The number of carbonyl (C=O) groups is 2. The van der Waals surface area contributed by atoms with Crippen LogP contribution in [0.25, 0.3) is 0 Å². The van der Waals surface area contributed by atoms with Gasteiger partial charge >= 0.3 is 0 Å². The van der Waals surface area contributed by atoms with Gasteiger partial charge in [0.2, 0.25) is 5.91 Å². The summed E-state index contributed by atoms with van der Waals surface area (Å²) in [7, 11) is 1.54. The van der Waals surface area contributed by atoms with E-state index >= 15 is 0 Å². The Balaban J connectivity index is 2.09. The average molecular weight is 328 g/mol. The molecule has 1 heterocycles. The van der Waals surface area contributed by atoms with Gasteiger partial charge in [0.1, 0.15) is 5.71 Å². The van der Waals surface area contributed by atoms with Crippen LogP contribution < -0.4 is 5.32 Å². The van der Waals surface area contributed by atoms with E-state index in [-0.39, 0.29) is 17.9 Å². The van der Waals surface area contributed by atoms with Gasteiger partial charge < -0.3 is 5.32 Å². The number of amides is 2. The minimum atomic E-state index is -0.298. The number of hydrazone groups is 1. The number of benzene rings is 1. The molecule has 1 aromatic rings. The highest BCUT2D eigenvalue weighted by Crippen LogP contribution is 2.26. The number of halogens is 2. The summed E-state index contributed by atoms with van der Waals surface area (Å²) in [6.07, 6.45) is 0.634. The highest BCUT2D eigenvalue weighted by atomic mass is 35.5. The summed E-state index contributed by atoms with van der Waals surface area (Å²) in [6.45, 7) is 1.82. The van der Waals surface area contributed by atoms with Crippen molar-refractivity contribution in [3.63, 3.8) is 0 Å². The fraction of sp³-hybridized carbons (Fsp3) is 0.357. The Kier molecular flexibility index (Phi) is 4.85. The predicted molar refractivity (Wildman–Crippen MR) is 82.5 cm³/mol. The van der Waals surface area contributed by atoms with Crippen molar-refractivity contribution in [3.05, 3.63) is 33.8 Å². The second kappa shape index (κ2) is 6.45. The topological polar surface area (TPSA) is 61.8 Å². The Bertz CT molecular complexity index is 616. The van der Waals surface area contributed by atoms with Crippen LogP contribution in [0.1, 0.15) is 31.4 Å². The average Bonchev–Trinajstić information content (AvgIpc) is 2.41. The molecule has 2 amide bonds. The van der Waals surface area contributed by atoms with Crippen LogP contribution >= 0.6 is 23.2 Å². The number of rotatable bonds is 3. The lowest BCUT2D eigenvalue weighted by Gasteiger charge is -2.21. The maximum Gasteiger partial charge on any atom is 0.267 e. The normalized spacial score (nSPS) is 16.5. The van der Waals surface area contributed by atoms with E-state index in [1.165, 1.54) is 12.1 Å². The molecule has 7 heteroatoms. The van der Waals surface area contributed by atoms with E-state index in [0.717, 1.165) is 5.56 Å². The van der Waals surface area contributed by atoms with Gasteiger partial charge in [-0.15, -0.1) is 0 Å². The summed E-state index contributed by atoms with van der Waals surface area (Å²) in [5.74, 6) is -0.395. The molecule has 1 aliphatic heterocycles. The van der Waals surface area contributed by atoms with E-state index in [1.807, 2.05) is 6.92 Å². The predicted octanol–water partition coefficient (Wildman–Crippen LogP) is 2.78. The Morgan fingerprint density at radius 2 is 2.10 bits per heavy atom. The van der Waals surface area contributed by atoms with E-state index in [2.05, 4.69) is 10.4 Å². The summed E-state index contributed by atoms with van der Waals surface area (Å²) in [5.41, 5.74) is 1.12. The van der Waals surface area contributed by atoms with Gasteiger partial charge in [-0.2, -0.15) is 5.10 Å². The first kappa shape index (κ1) is 15.8. The van der Waals surface area contributed by atoms with Gasteiger partial charge in [0.05, 0.1) is 6.04 Å². The van der Waals surface area contributed by atoms with Crippen molar-refractivity contribution in [2.75, 3.05) is 7.05 Å². The smallest absolute Gasteiger partial charge is 0.267 e. The molecule has 0 fully saturated rings. The first-order valence-corrected chi connectivity index (χ1v) is 7.24. The first-order chi connectivity index (χ1) is 9.88. The number of carbonyl (C=O) groups excluding carboxylic acids is 2. The Morgan fingerprint density at radius 3 is 2.71 bits per heavy atom. The molecule has 1 aromatic carbocycles. The van der Waals surface area contributed by atoms with Crippen LogP contribution in [0.5, 0.6) is 0 Å². The molecule has 0 aromatic heterocycles. The monoisotopic (exact) mass is 327 g/mol. The van der Waals surface area contributed by atoms with Crippen molar-refractivity contribution in [2.24, 2.45) is 5.10 Å². The Hall–Kier alpha value is -1.59. The van der Waals surface area contributed by atoms with Crippen LogP contribution in [0.4, 0.5) is 0 Å². The molecular weight excluding hydrogens is 313 g/mol. The maximum atomic E-state index is 12.2. The number of hydrogen-bond donors (Lipinski definition) is 1. The zero-order valence-corrected chi connectivity index (χ0v) is 13.2. The van der Waals surface area contributed by atoms with Gasteiger partial charge in [0.25, 0.3) is 5.91 Å². The van der Waals surface area contributed by atoms with E-state index in [9.17, 15) is 9.59 Å². The lowest BCUT2D eigenvalue weighted by molar-refractivity contribution is -0.130. The molecular formula is C14H15Cl2N3O2. The Labute approximate surface area is 132 Å². The number of hydrogen-bond acceptors (Lipinski definition) is 3. The van der Waals surface area contributed by atoms with Gasteiger partial charge in [-0.1, -0.05) is 29.3 Å². The molecule has 1 atom stereocenters. The van der Waals surface area contributed by atoms with Gasteiger partial charge in [0.15, 0.2) is 0 Å². The summed E-state index contributed by atoms with van der Waals surface area (Å²) in [5, 5.41) is 9.03. The SMILES string of the molecule is C[C@H](NC(=O)C1=NN(C)C(=O)CC1)c1ccc(Cl)cc1Cl. The minimum absolute atomic E-state index is 0.0969. The lowest BCUT2D eigenvalue weighted by Crippen LogP contribution is -2.38. The Morgan fingerprint density at radius 1 is 1.38 bits per heavy atom. The van der Waals surface area contributed by atoms with Gasteiger partial charge in [-0.3, -0.25) is 9.59 Å². The molecule has 5 nitrogen and oxygen atoms in total. The van der Waals surface area contributed by atoms with Gasteiger partial charge in [-0.05, 0) is 24.6 Å². The molecule has 1 aliphatic rings. The fourth-order valence-electron chi connectivity index (χ4n) is 2.04. The molecule has 0 bridgehead atoms. The largest absolute Gasteiger partial charge is 0.344 e. The van der Waals surface area contributed by atoms with Gasteiger partial charge in [0, 0.05) is 29.9 Å². The quantitative estimate of drug-likeness (QED) is 0.927. The molecule has 0 spiro atoms. The van der Waals surface area contributed by atoms with Crippen molar-refractivity contribution in [2.45, 2.75) is 25.8 Å². The summed E-state index contributed by atoms with van der Waals surface area (Å²) < 4.78 is 0. The molecule has 0 unspecified atom stereocenters. The van der Waals surface area contributed by atoms with Crippen LogP contribution in [0.15, 0.2) is 23.3 Å². The third-order valence-corrected chi connectivity index (χ3v) is 3.81. The molecule has 0 saturated carbocycles. The van der Waals surface area contributed by atoms with Crippen molar-refractivity contribution >= 4 is 40.7 Å². The summed E-state index contributed by atoms with van der Waals surface area (Å²) in [4.78, 5) is 23.5. The lowest BCUT2D eigenvalue weighted by atomic mass is 10.1. The van der Waals surface area contributed by atoms with E-state index < -0.39 is 0 Å². The van der Waals surface area contributed by atoms with E-state index in [0.29, 0.717) is 28.6 Å². The third-order valence-electron chi connectivity index (χ3n) is 3.25. The summed E-state index contributed by atoms with van der Waals surface area (Å²) >= 11 is 12.0. The highest BCUT2D eigenvalue weighted by Gasteiger charge is 2.23. The zero-order chi connectivity index (χ0) is 15.6. The standard InChI is InChI=1S/C14H15Cl2N3O2/c1-8(10-4-3-9(15)7-11(10)16)17-14(21)12-5-6-13(20)19(2)18-12/h3-4,7-8H,5-6H2,1-2H3,(H,17,21)/t8-/m0/s1. The summed E-state index contributed by atoms with van der Waals surface area (Å²) in [6, 6.07) is 4.84. The van der Waals surface area contributed by atoms with Crippen LogP contribution in [-0.2, 0) is 9.59 Å². The molecule has 112 valence electrons. The van der Waals surface area contributed by atoms with E-state index in [1.54, 1.807) is 18.2 Å². The second-order valence-electron chi connectivity index (χ2n) is 4.83. The fourth-order valence-corrected chi connectivity index (χ4v) is 2.62. The molecule has 2 rings (SSSR count). The molecule has 21 heavy (non-hydrogen) atoms. The molecule has 0 radical (unpaired) electrons. The first-order valence-electron chi connectivity index (χ1n) is 6.48. The van der Waals surface area contributed by atoms with Crippen molar-refractivity contribution in [3.8, 4) is 0 Å². The number of nitrogens with one attached hydrogen (secondary N) is 1. The van der Waals surface area contributed by atoms with Crippen molar-refractivity contribution < 1.29 is 9.59 Å². The van der Waals surface area contributed by atoms with Crippen LogP contribution in [-0.4, -0.2) is 29.6 Å². The minimum Gasteiger partial charge on any atom is -0.344 e. The molecule has 0 aliphatic carbocycles. The third kappa shape index (κ3) is 3.74. The van der Waals surface area contributed by atoms with Crippen LogP contribution in [0.2, 0.25) is 10.0 Å². The second-order valence-corrected chi connectivity index (χ2v) is 5.67. The maximum absolute atomic E-state index is 12.2. The van der Waals surface area contributed by atoms with Crippen LogP contribution in [0.3, 0.4) is 0 Å². The van der Waals surface area contributed by atoms with Crippen LogP contribution in [0, 0.1) is 0 Å².